The van der Waals surface area contributed by atoms with Crippen molar-refractivity contribution in [2.24, 2.45) is 28.6 Å². The highest BCUT2D eigenvalue weighted by Gasteiger charge is 2.67. The third kappa shape index (κ3) is 4.22. The maximum Gasteiger partial charge on any atom is 0.331 e. The number of rotatable bonds is 5. The molecule has 10 heteroatoms. The van der Waals surface area contributed by atoms with E-state index in [1.54, 1.807) is 6.07 Å². The van der Waals surface area contributed by atoms with Crippen LogP contribution in [0.4, 0.5) is 0 Å². The Morgan fingerprint density at radius 2 is 1.78 bits per heavy atom. The van der Waals surface area contributed by atoms with E-state index in [4.69, 9.17) is 18.6 Å². The van der Waals surface area contributed by atoms with E-state index in [1.165, 1.54) is 19.6 Å². The topological polar surface area (TPSA) is 135 Å². The van der Waals surface area contributed by atoms with Crippen molar-refractivity contribution < 1.29 is 47.3 Å². The van der Waals surface area contributed by atoms with Crippen molar-refractivity contribution in [2.45, 2.75) is 51.7 Å². The summed E-state index contributed by atoms with van der Waals surface area (Å²) in [6.07, 6.45) is 4.06. The minimum atomic E-state index is -1.25. The Bertz CT molecular complexity index is 1090. The molecule has 1 aromatic heterocycles. The van der Waals surface area contributed by atoms with Gasteiger partial charge in [-0.25, -0.2) is 9.59 Å². The summed E-state index contributed by atoms with van der Waals surface area (Å²) in [7, 11) is 2.44. The molecule has 0 N–H and O–H groups in total. The molecule has 10 nitrogen and oxygen atoms in total. The molecule has 3 aliphatic rings. The molecular formula is C26H30O10. The van der Waals surface area contributed by atoms with Crippen molar-refractivity contribution in [3.05, 3.63) is 36.3 Å². The molecule has 4 rings (SSSR count). The molecule has 0 aromatic carbocycles. The molecule has 2 saturated carbocycles. The zero-order chi connectivity index (χ0) is 26.3. The van der Waals surface area contributed by atoms with E-state index >= 15 is 0 Å². The van der Waals surface area contributed by atoms with E-state index in [-0.39, 0.29) is 12.2 Å². The standard InChI is InChI=1S/C26H30O10/c1-25-9-7-15-24(31)36-18(14-8-10-34-13-14)12-26(15,2)22(25)21(29)17(11-16(25)23(30)33-4)35-20(28)6-5-19(27)32-3/h5-6,8,10,13,15-18,22H,7,9,11-12H2,1-4H3/b6-5+/t15-,16-,17-,18-,22-,25-,26-/m0/s1. The van der Waals surface area contributed by atoms with Crippen LogP contribution in [0.15, 0.2) is 35.2 Å². The highest BCUT2D eigenvalue weighted by Crippen LogP contribution is 2.65. The molecule has 7 atom stereocenters. The van der Waals surface area contributed by atoms with Crippen molar-refractivity contribution in [3.8, 4) is 0 Å². The van der Waals surface area contributed by atoms with Crippen molar-refractivity contribution in [1.29, 1.82) is 0 Å². The van der Waals surface area contributed by atoms with Gasteiger partial charge in [0.05, 0.1) is 38.6 Å². The van der Waals surface area contributed by atoms with Gasteiger partial charge in [0.15, 0.2) is 11.9 Å². The highest BCUT2D eigenvalue weighted by molar-refractivity contribution is 5.96. The Balaban J connectivity index is 1.72. The molecule has 194 valence electrons. The summed E-state index contributed by atoms with van der Waals surface area (Å²) in [5.41, 5.74) is -1.02. The molecule has 0 bridgehead atoms. The predicted molar refractivity (Wildman–Crippen MR) is 121 cm³/mol. The summed E-state index contributed by atoms with van der Waals surface area (Å²) >= 11 is 0. The first-order chi connectivity index (χ1) is 17.0. The lowest BCUT2D eigenvalue weighted by Gasteiger charge is -2.60. The second-order valence-corrected chi connectivity index (χ2v) is 10.2. The fourth-order valence-corrected chi connectivity index (χ4v) is 6.65. The quantitative estimate of drug-likeness (QED) is 0.336. The Hall–Kier alpha value is -3.43. The molecule has 0 unspecified atom stereocenters. The van der Waals surface area contributed by atoms with Gasteiger partial charge in [0.2, 0.25) is 0 Å². The average Bonchev–Trinajstić information content (AvgIpc) is 3.38. The van der Waals surface area contributed by atoms with Crippen LogP contribution >= 0.6 is 0 Å². The number of carbonyl (C=O) groups excluding carboxylic acids is 5. The molecular weight excluding hydrogens is 472 g/mol. The molecule has 2 heterocycles. The Labute approximate surface area is 208 Å². The van der Waals surface area contributed by atoms with Crippen LogP contribution in [0.3, 0.4) is 0 Å². The minimum absolute atomic E-state index is 0.0489. The predicted octanol–water partition coefficient (Wildman–Crippen LogP) is 2.71. The monoisotopic (exact) mass is 502 g/mol. The van der Waals surface area contributed by atoms with Crippen LogP contribution < -0.4 is 0 Å². The second-order valence-electron chi connectivity index (χ2n) is 10.2. The van der Waals surface area contributed by atoms with E-state index < -0.39 is 64.7 Å². The molecule has 1 saturated heterocycles. The largest absolute Gasteiger partial charge is 0.472 e. The fourth-order valence-electron chi connectivity index (χ4n) is 6.65. The molecule has 0 amide bonds. The number of ketones is 1. The van der Waals surface area contributed by atoms with Crippen molar-refractivity contribution in [1.82, 2.24) is 0 Å². The van der Waals surface area contributed by atoms with Gasteiger partial charge in [-0.1, -0.05) is 13.8 Å². The van der Waals surface area contributed by atoms with E-state index in [1.807, 2.05) is 13.8 Å². The molecule has 2 aliphatic carbocycles. The van der Waals surface area contributed by atoms with E-state index in [0.717, 1.165) is 19.3 Å². The van der Waals surface area contributed by atoms with Crippen LogP contribution in [0, 0.1) is 28.6 Å². The van der Waals surface area contributed by atoms with Crippen LogP contribution in [-0.2, 0) is 42.9 Å². The SMILES string of the molecule is COC(=O)/C=C/C(=O)O[C@H]1C[C@@H](C(=O)OC)[C@]2(C)CC[C@H]3C(=O)O[C@H](c4ccoc4)C[C@]3(C)[C@H]2C1=O. The number of ether oxygens (including phenoxy) is 4. The Morgan fingerprint density at radius 3 is 2.42 bits per heavy atom. The molecule has 0 radical (unpaired) electrons. The lowest BCUT2D eigenvalue weighted by molar-refractivity contribution is -0.210. The van der Waals surface area contributed by atoms with Gasteiger partial charge in [-0.3, -0.25) is 14.4 Å². The number of methoxy groups -OCH3 is 2. The van der Waals surface area contributed by atoms with Crippen LogP contribution in [-0.4, -0.2) is 50.0 Å². The first kappa shape index (κ1) is 25.7. The van der Waals surface area contributed by atoms with E-state index in [2.05, 4.69) is 4.74 Å². The molecule has 1 aromatic rings. The molecule has 1 aliphatic heterocycles. The number of hydrogen-bond donors (Lipinski definition) is 0. The summed E-state index contributed by atoms with van der Waals surface area (Å²) in [6.45, 7) is 3.75. The summed E-state index contributed by atoms with van der Waals surface area (Å²) in [4.78, 5) is 63.8. The maximum atomic E-state index is 14.0. The van der Waals surface area contributed by atoms with Gasteiger partial charge in [0.1, 0.15) is 6.10 Å². The Morgan fingerprint density at radius 1 is 1.06 bits per heavy atom. The first-order valence-corrected chi connectivity index (χ1v) is 11.9. The smallest absolute Gasteiger partial charge is 0.331 e. The van der Waals surface area contributed by atoms with Crippen molar-refractivity contribution >= 4 is 29.7 Å². The van der Waals surface area contributed by atoms with Gasteiger partial charge in [-0.2, -0.15) is 0 Å². The molecule has 0 spiro atoms. The highest BCUT2D eigenvalue weighted by atomic mass is 16.6. The van der Waals surface area contributed by atoms with Crippen LogP contribution in [0.5, 0.6) is 0 Å². The lowest BCUT2D eigenvalue weighted by Crippen LogP contribution is -2.64. The number of esters is 4. The summed E-state index contributed by atoms with van der Waals surface area (Å²) in [6, 6.07) is 1.71. The third-order valence-corrected chi connectivity index (χ3v) is 8.32. The number of fused-ring (bicyclic) bond motifs is 3. The second kappa shape index (κ2) is 9.55. The Kier molecular flexibility index (Phi) is 6.81. The van der Waals surface area contributed by atoms with Crippen LogP contribution in [0.2, 0.25) is 0 Å². The third-order valence-electron chi connectivity index (χ3n) is 8.32. The van der Waals surface area contributed by atoms with Gasteiger partial charge in [0, 0.05) is 30.1 Å². The summed E-state index contributed by atoms with van der Waals surface area (Å²) < 4.78 is 25.9. The summed E-state index contributed by atoms with van der Waals surface area (Å²) in [5.74, 6) is -5.02. The number of carbonyl (C=O) groups is 5. The molecule has 3 fully saturated rings. The minimum Gasteiger partial charge on any atom is -0.472 e. The van der Waals surface area contributed by atoms with Gasteiger partial charge in [0.25, 0.3) is 0 Å². The normalized spacial score (nSPS) is 35.8. The van der Waals surface area contributed by atoms with Crippen molar-refractivity contribution in [2.75, 3.05) is 14.2 Å². The number of furan rings is 1. The van der Waals surface area contributed by atoms with Gasteiger partial charge in [-0.05, 0) is 36.2 Å². The number of Topliss-reactive ketones (excluding diaryl/α,β-unsaturated/α-hetero) is 1. The van der Waals surface area contributed by atoms with Crippen molar-refractivity contribution in [3.63, 3.8) is 0 Å². The van der Waals surface area contributed by atoms with Gasteiger partial charge >= 0.3 is 23.9 Å². The van der Waals surface area contributed by atoms with E-state index in [0.29, 0.717) is 24.8 Å². The average molecular weight is 503 g/mol. The van der Waals surface area contributed by atoms with Crippen LogP contribution in [0.1, 0.15) is 51.2 Å². The maximum absolute atomic E-state index is 14.0. The number of cyclic esters (lactones) is 1. The van der Waals surface area contributed by atoms with Crippen LogP contribution in [0.25, 0.3) is 0 Å². The van der Waals surface area contributed by atoms with E-state index in [9.17, 15) is 24.0 Å². The van der Waals surface area contributed by atoms with Gasteiger partial charge in [-0.15, -0.1) is 0 Å². The number of hydrogen-bond acceptors (Lipinski definition) is 10. The first-order valence-electron chi connectivity index (χ1n) is 11.9. The summed E-state index contributed by atoms with van der Waals surface area (Å²) in [5, 5.41) is 0. The lowest BCUT2D eigenvalue weighted by atomic mass is 9.43. The van der Waals surface area contributed by atoms with Gasteiger partial charge < -0.3 is 23.4 Å². The fraction of sp³-hybridized carbons (Fsp3) is 0.577. The molecule has 36 heavy (non-hydrogen) atoms. The zero-order valence-corrected chi connectivity index (χ0v) is 20.7. The zero-order valence-electron chi connectivity index (χ0n) is 20.7.